The quantitative estimate of drug-likeness (QED) is 0.293. The number of amides is 2. The fraction of sp³-hybridized carbons (Fsp3) is 0.250. The van der Waals surface area contributed by atoms with Crippen molar-refractivity contribution in [2.24, 2.45) is 5.10 Å². The first-order valence-corrected chi connectivity index (χ1v) is 9.54. The summed E-state index contributed by atoms with van der Waals surface area (Å²) in [5.41, 5.74) is 3.63. The fourth-order valence-electron chi connectivity index (χ4n) is 2.18. The highest BCUT2D eigenvalue weighted by Gasteiger charge is 2.11. The Morgan fingerprint density at radius 2 is 1.93 bits per heavy atom. The van der Waals surface area contributed by atoms with Crippen LogP contribution in [-0.4, -0.2) is 24.6 Å². The van der Waals surface area contributed by atoms with Gasteiger partial charge in [-0.2, -0.15) is 5.10 Å². The molecule has 2 aromatic carbocycles. The van der Waals surface area contributed by atoms with Gasteiger partial charge in [0.1, 0.15) is 12.4 Å². The van der Waals surface area contributed by atoms with Crippen LogP contribution in [0.2, 0.25) is 10.0 Å². The van der Waals surface area contributed by atoms with E-state index in [-0.39, 0.29) is 6.61 Å². The number of nitrogens with zero attached hydrogens (tertiary/aromatic N) is 1. The highest BCUT2D eigenvalue weighted by atomic mass is 35.5. The molecule has 0 fully saturated rings. The lowest BCUT2D eigenvalue weighted by Gasteiger charge is -2.10. The van der Waals surface area contributed by atoms with E-state index in [2.05, 4.69) is 15.8 Å². The van der Waals surface area contributed by atoms with Crippen LogP contribution < -0.4 is 15.5 Å². The number of hydrogen-bond acceptors (Lipinski definition) is 4. The first-order valence-electron chi connectivity index (χ1n) is 8.78. The van der Waals surface area contributed by atoms with Gasteiger partial charge in [-0.25, -0.2) is 5.43 Å². The molecule has 0 atom stereocenters. The molecule has 0 saturated carbocycles. The Balaban J connectivity index is 1.94. The Hall–Kier alpha value is -2.57. The topological polar surface area (TPSA) is 79.8 Å². The molecule has 0 saturated heterocycles. The van der Waals surface area contributed by atoms with Gasteiger partial charge >= 0.3 is 11.8 Å². The van der Waals surface area contributed by atoms with Crippen molar-refractivity contribution in [3.8, 4) is 5.75 Å². The van der Waals surface area contributed by atoms with E-state index in [1.165, 1.54) is 6.21 Å². The molecule has 0 radical (unpaired) electrons. The summed E-state index contributed by atoms with van der Waals surface area (Å²) in [7, 11) is 0. The molecule has 0 heterocycles. The molecule has 2 aromatic rings. The molecule has 2 amide bonds. The SMILES string of the molecule is CCCCNC(=O)C(=O)N/N=C\c1ccccc1OCc1ccc(Cl)cc1Cl. The largest absolute Gasteiger partial charge is 0.488 e. The van der Waals surface area contributed by atoms with Crippen LogP contribution in [0.5, 0.6) is 5.75 Å². The Morgan fingerprint density at radius 1 is 1.14 bits per heavy atom. The maximum absolute atomic E-state index is 11.7. The Morgan fingerprint density at radius 3 is 2.68 bits per heavy atom. The smallest absolute Gasteiger partial charge is 0.329 e. The lowest BCUT2D eigenvalue weighted by molar-refractivity contribution is -0.139. The number of hydrogen-bond donors (Lipinski definition) is 2. The third-order valence-corrected chi connectivity index (χ3v) is 4.30. The molecule has 6 nitrogen and oxygen atoms in total. The highest BCUT2D eigenvalue weighted by molar-refractivity contribution is 6.35. The van der Waals surface area contributed by atoms with Crippen LogP contribution in [0, 0.1) is 0 Å². The van der Waals surface area contributed by atoms with Crippen molar-refractivity contribution in [2.75, 3.05) is 6.54 Å². The highest BCUT2D eigenvalue weighted by Crippen LogP contribution is 2.23. The number of halogens is 2. The average Bonchev–Trinajstić information content (AvgIpc) is 2.68. The standard InChI is InChI=1S/C20H21Cl2N3O3/c1-2-3-10-23-19(26)20(27)25-24-12-14-6-4-5-7-18(14)28-13-15-8-9-16(21)11-17(15)22/h4-9,11-12H,2-3,10,13H2,1H3,(H,23,26)(H,25,27)/b24-12-. The lowest BCUT2D eigenvalue weighted by atomic mass is 10.2. The lowest BCUT2D eigenvalue weighted by Crippen LogP contribution is -2.38. The van der Waals surface area contributed by atoms with Gasteiger partial charge in [-0.15, -0.1) is 0 Å². The zero-order chi connectivity index (χ0) is 20.4. The van der Waals surface area contributed by atoms with Crippen molar-refractivity contribution < 1.29 is 14.3 Å². The van der Waals surface area contributed by atoms with Crippen LogP contribution in [0.4, 0.5) is 0 Å². The maximum atomic E-state index is 11.7. The summed E-state index contributed by atoms with van der Waals surface area (Å²) in [6.45, 7) is 2.69. The summed E-state index contributed by atoms with van der Waals surface area (Å²) in [5.74, 6) is -0.981. The number of benzene rings is 2. The first kappa shape index (κ1) is 21.7. The molecule has 0 aliphatic heterocycles. The summed E-state index contributed by atoms with van der Waals surface area (Å²) < 4.78 is 5.80. The second-order valence-electron chi connectivity index (χ2n) is 5.87. The number of ether oxygens (including phenoxy) is 1. The molecule has 0 aliphatic carbocycles. The molecule has 0 aliphatic rings. The van der Waals surface area contributed by atoms with Crippen LogP contribution in [-0.2, 0) is 16.2 Å². The third-order valence-electron chi connectivity index (χ3n) is 3.71. The summed E-state index contributed by atoms with van der Waals surface area (Å²) in [4.78, 5) is 23.3. The van der Waals surface area contributed by atoms with Gasteiger partial charge in [0.15, 0.2) is 0 Å². The van der Waals surface area contributed by atoms with Gasteiger partial charge in [0.25, 0.3) is 0 Å². The van der Waals surface area contributed by atoms with E-state index in [0.717, 1.165) is 18.4 Å². The number of carbonyl (C=O) groups is 2. The molecule has 0 aromatic heterocycles. The molecule has 2 N–H and O–H groups in total. The van der Waals surface area contributed by atoms with Crippen molar-refractivity contribution in [2.45, 2.75) is 26.4 Å². The van der Waals surface area contributed by atoms with Crippen molar-refractivity contribution >= 4 is 41.2 Å². The van der Waals surface area contributed by atoms with Crippen LogP contribution in [0.1, 0.15) is 30.9 Å². The molecule has 0 bridgehead atoms. The minimum atomic E-state index is -0.821. The molecular weight excluding hydrogens is 401 g/mol. The maximum Gasteiger partial charge on any atom is 0.329 e. The van der Waals surface area contributed by atoms with E-state index >= 15 is 0 Å². The zero-order valence-electron chi connectivity index (χ0n) is 15.4. The van der Waals surface area contributed by atoms with Gasteiger partial charge in [-0.1, -0.05) is 54.7 Å². The van der Waals surface area contributed by atoms with Crippen LogP contribution in [0.15, 0.2) is 47.6 Å². The number of hydrazone groups is 1. The second kappa shape index (κ2) is 11.3. The summed E-state index contributed by atoms with van der Waals surface area (Å²) in [6.07, 6.45) is 3.15. The number of unbranched alkanes of at least 4 members (excludes halogenated alkanes) is 1. The normalized spacial score (nSPS) is 10.7. The van der Waals surface area contributed by atoms with Crippen molar-refractivity contribution in [3.63, 3.8) is 0 Å². The number of rotatable bonds is 8. The molecule has 8 heteroatoms. The van der Waals surface area contributed by atoms with Gasteiger partial charge in [0.05, 0.1) is 6.21 Å². The predicted molar refractivity (Wildman–Crippen MR) is 111 cm³/mol. The van der Waals surface area contributed by atoms with Gasteiger partial charge in [-0.05, 0) is 30.7 Å². The Kier molecular flexibility index (Phi) is 8.78. The summed E-state index contributed by atoms with van der Waals surface area (Å²) in [6, 6.07) is 12.3. The predicted octanol–water partition coefficient (Wildman–Crippen LogP) is 3.94. The second-order valence-corrected chi connectivity index (χ2v) is 6.71. The van der Waals surface area contributed by atoms with Crippen LogP contribution in [0.25, 0.3) is 0 Å². The van der Waals surface area contributed by atoms with Crippen LogP contribution in [0.3, 0.4) is 0 Å². The summed E-state index contributed by atoms with van der Waals surface area (Å²) >= 11 is 12.0. The molecular formula is C20H21Cl2N3O3. The van der Waals surface area contributed by atoms with Gasteiger partial charge in [-0.3, -0.25) is 9.59 Å². The Labute approximate surface area is 173 Å². The number of nitrogens with one attached hydrogen (secondary N) is 2. The minimum absolute atomic E-state index is 0.243. The molecule has 2 rings (SSSR count). The van der Waals surface area contributed by atoms with Crippen molar-refractivity contribution in [3.05, 3.63) is 63.6 Å². The average molecular weight is 422 g/mol. The summed E-state index contributed by atoms with van der Waals surface area (Å²) in [5, 5.41) is 7.41. The molecule has 28 heavy (non-hydrogen) atoms. The Bertz CT molecular complexity index is 856. The van der Waals surface area contributed by atoms with Gasteiger partial charge < -0.3 is 10.1 Å². The molecule has 0 unspecified atom stereocenters. The van der Waals surface area contributed by atoms with E-state index in [9.17, 15) is 9.59 Å². The zero-order valence-corrected chi connectivity index (χ0v) is 16.9. The van der Waals surface area contributed by atoms with Gasteiger partial charge in [0, 0.05) is 27.7 Å². The third kappa shape index (κ3) is 6.87. The van der Waals surface area contributed by atoms with E-state index in [4.69, 9.17) is 27.9 Å². The van der Waals surface area contributed by atoms with Gasteiger partial charge in [0.2, 0.25) is 0 Å². The van der Waals surface area contributed by atoms with E-state index in [0.29, 0.717) is 27.9 Å². The molecule has 148 valence electrons. The number of para-hydroxylation sites is 1. The van der Waals surface area contributed by atoms with Crippen molar-refractivity contribution in [1.29, 1.82) is 0 Å². The fourth-order valence-corrected chi connectivity index (χ4v) is 2.65. The number of carbonyl (C=O) groups excluding carboxylic acids is 2. The van der Waals surface area contributed by atoms with E-state index < -0.39 is 11.8 Å². The minimum Gasteiger partial charge on any atom is -0.488 e. The molecule has 0 spiro atoms. The van der Waals surface area contributed by atoms with Crippen molar-refractivity contribution in [1.82, 2.24) is 10.7 Å². The van der Waals surface area contributed by atoms with Crippen LogP contribution >= 0.6 is 23.2 Å². The van der Waals surface area contributed by atoms with E-state index in [1.54, 1.807) is 30.3 Å². The first-order chi connectivity index (χ1) is 13.5. The van der Waals surface area contributed by atoms with E-state index in [1.807, 2.05) is 19.1 Å². The monoisotopic (exact) mass is 421 g/mol.